The summed E-state index contributed by atoms with van der Waals surface area (Å²) in [5, 5.41) is 3.40. The first kappa shape index (κ1) is 18.2. The van der Waals surface area contributed by atoms with Crippen molar-refractivity contribution in [2.45, 2.75) is 26.1 Å². The van der Waals surface area contributed by atoms with Gasteiger partial charge < -0.3 is 19.4 Å². The van der Waals surface area contributed by atoms with Gasteiger partial charge in [0.25, 0.3) is 5.91 Å². The van der Waals surface area contributed by atoms with Crippen molar-refractivity contribution >= 4 is 28.4 Å². The predicted molar refractivity (Wildman–Crippen MR) is 107 cm³/mol. The summed E-state index contributed by atoms with van der Waals surface area (Å²) >= 11 is 0. The van der Waals surface area contributed by atoms with E-state index in [1.807, 2.05) is 26.0 Å². The minimum Gasteiger partial charge on any atom is -0.422 e. The summed E-state index contributed by atoms with van der Waals surface area (Å²) in [4.78, 5) is 31.3. The Balaban J connectivity index is 1.51. The second-order valence-electron chi connectivity index (χ2n) is 7.01. The van der Waals surface area contributed by atoms with Gasteiger partial charge in [0.15, 0.2) is 0 Å². The molecule has 4 rings (SSSR count). The lowest BCUT2D eigenvalue weighted by Crippen LogP contribution is -2.45. The van der Waals surface area contributed by atoms with Crippen LogP contribution >= 0.6 is 0 Å². The number of hydrogen-bond donors (Lipinski definition) is 1. The molecule has 1 saturated heterocycles. The predicted octanol–water partition coefficient (Wildman–Crippen LogP) is 3.05. The molecule has 1 aliphatic rings. The Kier molecular flexibility index (Phi) is 4.83. The van der Waals surface area contributed by atoms with Crippen LogP contribution in [0.2, 0.25) is 0 Å². The number of rotatable bonds is 3. The molecule has 7 heteroatoms. The van der Waals surface area contributed by atoms with Gasteiger partial charge in [-0.1, -0.05) is 18.2 Å². The van der Waals surface area contributed by atoms with Crippen LogP contribution in [0, 0.1) is 0 Å². The first-order valence-electron chi connectivity index (χ1n) is 9.20. The van der Waals surface area contributed by atoms with Crippen molar-refractivity contribution in [2.75, 3.05) is 23.3 Å². The molecule has 2 aromatic heterocycles. The number of carbonyl (C=O) groups excluding carboxylic acids is 1. The molecule has 0 spiro atoms. The Morgan fingerprint density at radius 1 is 1.14 bits per heavy atom. The molecule has 28 heavy (non-hydrogen) atoms. The van der Waals surface area contributed by atoms with E-state index in [1.165, 1.54) is 6.07 Å². The van der Waals surface area contributed by atoms with Gasteiger partial charge in [0, 0.05) is 18.5 Å². The van der Waals surface area contributed by atoms with Crippen LogP contribution in [0.3, 0.4) is 0 Å². The van der Waals surface area contributed by atoms with Gasteiger partial charge in [-0.15, -0.1) is 0 Å². The SMILES string of the molecule is CC1CN(c2ccc(NC(=O)c3cc4ccccc4oc3=O)cn2)CC(C)O1. The van der Waals surface area contributed by atoms with Crippen LogP contribution in [0.25, 0.3) is 11.0 Å². The van der Waals surface area contributed by atoms with Crippen LogP contribution in [0.15, 0.2) is 57.9 Å². The molecule has 1 aliphatic heterocycles. The Morgan fingerprint density at radius 2 is 1.89 bits per heavy atom. The lowest BCUT2D eigenvalue weighted by atomic mass is 10.2. The molecule has 1 N–H and O–H groups in total. The normalized spacial score (nSPS) is 19.6. The number of nitrogens with zero attached hydrogens (tertiary/aromatic N) is 2. The van der Waals surface area contributed by atoms with Gasteiger partial charge in [0.2, 0.25) is 0 Å². The van der Waals surface area contributed by atoms with Gasteiger partial charge in [-0.2, -0.15) is 0 Å². The fourth-order valence-corrected chi connectivity index (χ4v) is 3.43. The van der Waals surface area contributed by atoms with Crippen molar-refractivity contribution < 1.29 is 13.9 Å². The maximum Gasteiger partial charge on any atom is 0.349 e. The number of amides is 1. The number of ether oxygens (including phenoxy) is 1. The van der Waals surface area contributed by atoms with E-state index in [0.717, 1.165) is 18.9 Å². The Labute approximate surface area is 161 Å². The van der Waals surface area contributed by atoms with Gasteiger partial charge in [0.05, 0.1) is 24.1 Å². The third-order valence-electron chi connectivity index (χ3n) is 4.64. The molecule has 0 saturated carbocycles. The average molecular weight is 379 g/mol. The zero-order valence-corrected chi connectivity index (χ0v) is 15.7. The number of morpholine rings is 1. The maximum atomic E-state index is 12.5. The van der Waals surface area contributed by atoms with Crippen LogP contribution in [0.4, 0.5) is 11.5 Å². The standard InChI is InChI=1S/C21H21N3O4/c1-13-11-24(12-14(2)27-13)19-8-7-16(10-22-19)23-20(25)17-9-15-5-3-4-6-18(15)28-21(17)26/h3-10,13-14H,11-12H2,1-2H3,(H,23,25). The quantitative estimate of drug-likeness (QED) is 0.704. The summed E-state index contributed by atoms with van der Waals surface area (Å²) in [5.74, 6) is 0.299. The van der Waals surface area contributed by atoms with Crippen LogP contribution in [0.1, 0.15) is 24.2 Å². The van der Waals surface area contributed by atoms with E-state index in [-0.39, 0.29) is 17.8 Å². The first-order valence-corrected chi connectivity index (χ1v) is 9.20. The van der Waals surface area contributed by atoms with Gasteiger partial charge in [-0.25, -0.2) is 9.78 Å². The third kappa shape index (κ3) is 3.75. The lowest BCUT2D eigenvalue weighted by molar-refractivity contribution is -0.00545. The molecule has 0 radical (unpaired) electrons. The summed E-state index contributed by atoms with van der Waals surface area (Å²) in [6, 6.07) is 12.2. The molecule has 1 amide bonds. The molecule has 3 aromatic rings. The van der Waals surface area contributed by atoms with E-state index in [1.54, 1.807) is 30.5 Å². The summed E-state index contributed by atoms with van der Waals surface area (Å²) < 4.78 is 11.0. The fourth-order valence-electron chi connectivity index (χ4n) is 3.43. The molecule has 0 aliphatic carbocycles. The zero-order chi connectivity index (χ0) is 19.7. The number of carbonyl (C=O) groups is 1. The van der Waals surface area contributed by atoms with Gasteiger partial charge in [-0.3, -0.25) is 4.79 Å². The number of pyridine rings is 1. The zero-order valence-electron chi connectivity index (χ0n) is 15.7. The first-order chi connectivity index (χ1) is 13.5. The van der Waals surface area contributed by atoms with Crippen LogP contribution in [-0.4, -0.2) is 36.2 Å². The number of para-hydroxylation sites is 1. The molecular formula is C21H21N3O4. The number of nitrogens with one attached hydrogen (secondary N) is 1. The minimum absolute atomic E-state index is 0.0430. The lowest BCUT2D eigenvalue weighted by Gasteiger charge is -2.36. The topological polar surface area (TPSA) is 84.7 Å². The van der Waals surface area contributed by atoms with E-state index >= 15 is 0 Å². The van der Waals surface area contributed by atoms with Crippen molar-refractivity contribution in [3.8, 4) is 0 Å². The van der Waals surface area contributed by atoms with Crippen molar-refractivity contribution in [3.63, 3.8) is 0 Å². The Hall–Kier alpha value is -3.19. The Morgan fingerprint density at radius 3 is 2.61 bits per heavy atom. The highest BCUT2D eigenvalue weighted by Gasteiger charge is 2.23. The number of fused-ring (bicyclic) bond motifs is 1. The largest absolute Gasteiger partial charge is 0.422 e. The fraction of sp³-hybridized carbons (Fsp3) is 0.286. The number of hydrogen-bond acceptors (Lipinski definition) is 6. The highest BCUT2D eigenvalue weighted by atomic mass is 16.5. The Bertz CT molecular complexity index is 1050. The molecule has 144 valence electrons. The number of anilines is 2. The van der Waals surface area contributed by atoms with Crippen molar-refractivity contribution in [2.24, 2.45) is 0 Å². The van der Waals surface area contributed by atoms with Gasteiger partial charge in [0.1, 0.15) is 17.0 Å². The smallest absolute Gasteiger partial charge is 0.349 e. The summed E-state index contributed by atoms with van der Waals surface area (Å²) in [6.45, 7) is 5.60. The molecule has 7 nitrogen and oxygen atoms in total. The van der Waals surface area contributed by atoms with E-state index in [2.05, 4.69) is 15.2 Å². The molecular weight excluding hydrogens is 358 g/mol. The number of benzene rings is 1. The van der Waals surface area contributed by atoms with Crippen LogP contribution in [0.5, 0.6) is 0 Å². The van der Waals surface area contributed by atoms with E-state index in [9.17, 15) is 9.59 Å². The number of aromatic nitrogens is 1. The minimum atomic E-state index is -0.669. The third-order valence-corrected chi connectivity index (χ3v) is 4.64. The van der Waals surface area contributed by atoms with E-state index in [4.69, 9.17) is 9.15 Å². The molecule has 1 aromatic carbocycles. The highest BCUT2D eigenvalue weighted by molar-refractivity contribution is 6.05. The molecule has 2 atom stereocenters. The summed E-state index contributed by atoms with van der Waals surface area (Å²) in [7, 11) is 0. The van der Waals surface area contributed by atoms with Gasteiger partial charge in [-0.05, 0) is 38.1 Å². The second kappa shape index (κ2) is 7.44. The average Bonchev–Trinajstić information content (AvgIpc) is 2.67. The van der Waals surface area contributed by atoms with E-state index in [0.29, 0.717) is 16.7 Å². The molecule has 2 unspecified atom stereocenters. The van der Waals surface area contributed by atoms with Crippen molar-refractivity contribution in [1.82, 2.24) is 4.98 Å². The van der Waals surface area contributed by atoms with Crippen LogP contribution < -0.4 is 15.8 Å². The van der Waals surface area contributed by atoms with Gasteiger partial charge >= 0.3 is 5.63 Å². The van der Waals surface area contributed by atoms with E-state index < -0.39 is 11.5 Å². The highest BCUT2D eigenvalue weighted by Crippen LogP contribution is 2.20. The van der Waals surface area contributed by atoms with Crippen molar-refractivity contribution in [1.29, 1.82) is 0 Å². The monoisotopic (exact) mass is 379 g/mol. The molecule has 3 heterocycles. The van der Waals surface area contributed by atoms with Crippen molar-refractivity contribution in [3.05, 3.63) is 64.6 Å². The maximum absolute atomic E-state index is 12.5. The summed E-state index contributed by atoms with van der Waals surface area (Å²) in [5.41, 5.74) is 0.246. The van der Waals surface area contributed by atoms with Crippen LogP contribution in [-0.2, 0) is 4.74 Å². The molecule has 0 bridgehead atoms. The summed E-state index contributed by atoms with van der Waals surface area (Å²) in [6.07, 6.45) is 1.86. The second-order valence-corrected chi connectivity index (χ2v) is 7.01. The molecule has 1 fully saturated rings.